The fourth-order valence-corrected chi connectivity index (χ4v) is 5.23. The van der Waals surface area contributed by atoms with E-state index in [1.54, 1.807) is 0 Å². The zero-order valence-corrected chi connectivity index (χ0v) is 18.2. The van der Waals surface area contributed by atoms with Gasteiger partial charge in [-0.05, 0) is 18.1 Å². The second-order valence-electron chi connectivity index (χ2n) is 8.10. The largest absolute Gasteiger partial charge is 0.508 e. The number of nitrogens with two attached hydrogens (primary N) is 1. The van der Waals surface area contributed by atoms with Gasteiger partial charge in [-0.3, -0.25) is 19.2 Å². The molecule has 10 nitrogen and oxygen atoms in total. The molecule has 0 heterocycles. The van der Waals surface area contributed by atoms with Gasteiger partial charge in [0.2, 0.25) is 5.78 Å². The van der Waals surface area contributed by atoms with Gasteiger partial charge < -0.3 is 31.3 Å². The van der Waals surface area contributed by atoms with E-state index in [-0.39, 0.29) is 17.5 Å². The van der Waals surface area contributed by atoms with Crippen molar-refractivity contribution < 1.29 is 44.7 Å². The first-order valence-corrected chi connectivity index (χ1v) is 10.5. The number of phenolic OH excluding ortho intramolecular Hbond substituents is 1. The number of carboxylic acids is 1. The fraction of sp³-hybridized carbons (Fsp3) is 0.391. The number of phenols is 1. The van der Waals surface area contributed by atoms with E-state index in [9.17, 15) is 44.7 Å². The first-order valence-electron chi connectivity index (χ1n) is 10.5. The lowest BCUT2D eigenvalue weighted by molar-refractivity contribution is -0.154. The van der Waals surface area contributed by atoms with Crippen LogP contribution in [0.3, 0.4) is 0 Å². The minimum Gasteiger partial charge on any atom is -0.508 e. The van der Waals surface area contributed by atoms with Gasteiger partial charge in [0.25, 0.3) is 5.91 Å². The van der Waals surface area contributed by atoms with Crippen LogP contribution in [0, 0.1) is 17.8 Å². The number of benzene rings is 1. The highest BCUT2D eigenvalue weighted by atomic mass is 16.4. The fourth-order valence-electron chi connectivity index (χ4n) is 5.23. The highest BCUT2D eigenvalue weighted by Gasteiger charge is 2.64. The van der Waals surface area contributed by atoms with Crippen LogP contribution in [0.1, 0.15) is 44.2 Å². The first kappa shape index (κ1) is 24.0. The summed E-state index contributed by atoms with van der Waals surface area (Å²) in [6, 6.07) is 3.98. The molecule has 10 heteroatoms. The molecule has 1 aromatic rings. The summed E-state index contributed by atoms with van der Waals surface area (Å²) in [6.07, 6.45) is -0.267. The Morgan fingerprint density at radius 2 is 1.73 bits per heavy atom. The Hall–Kier alpha value is -3.66. The molecule has 7 N–H and O–H groups in total. The number of carboxylic acid groups (broad SMARTS) is 1. The van der Waals surface area contributed by atoms with E-state index in [1.807, 2.05) is 13.8 Å². The number of Topliss-reactive ketones (excluding diaryl/α,β-unsaturated/α-hetero) is 2. The van der Waals surface area contributed by atoms with Gasteiger partial charge in [0.1, 0.15) is 22.8 Å². The molecule has 33 heavy (non-hydrogen) atoms. The molecule has 0 radical (unpaired) electrons. The Morgan fingerprint density at radius 3 is 2.27 bits per heavy atom. The van der Waals surface area contributed by atoms with Gasteiger partial charge in [0.15, 0.2) is 11.4 Å². The Balaban J connectivity index is 0.00000149. The molecule has 0 aliphatic heterocycles. The number of rotatable bonds is 2. The van der Waals surface area contributed by atoms with Crippen LogP contribution >= 0.6 is 0 Å². The highest BCUT2D eigenvalue weighted by molar-refractivity contribution is 6.23. The lowest BCUT2D eigenvalue weighted by atomic mass is 9.54. The number of primary amides is 1. The molecule has 5 atom stereocenters. The third-order valence-corrected chi connectivity index (χ3v) is 6.68. The highest BCUT2D eigenvalue weighted by Crippen LogP contribution is 2.56. The number of aliphatic carboxylic acids is 1. The van der Waals surface area contributed by atoms with Crippen LogP contribution < -0.4 is 5.73 Å². The van der Waals surface area contributed by atoms with E-state index >= 15 is 0 Å². The van der Waals surface area contributed by atoms with Gasteiger partial charge >= 0.3 is 5.97 Å². The zero-order chi connectivity index (χ0) is 25.0. The number of aromatic hydroxyl groups is 1. The summed E-state index contributed by atoms with van der Waals surface area (Å²) >= 11 is 0. The minimum absolute atomic E-state index is 0.0735. The van der Waals surface area contributed by atoms with Crippen molar-refractivity contribution in [3.8, 4) is 5.75 Å². The van der Waals surface area contributed by atoms with Crippen molar-refractivity contribution in [2.24, 2.45) is 23.5 Å². The number of ketones is 2. The number of aliphatic hydroxyl groups excluding tert-OH is 2. The predicted molar refractivity (Wildman–Crippen MR) is 114 cm³/mol. The molecule has 0 unspecified atom stereocenters. The van der Waals surface area contributed by atoms with Gasteiger partial charge in [-0.15, -0.1) is 0 Å². The lowest BCUT2D eigenvalue weighted by Crippen LogP contribution is -2.61. The van der Waals surface area contributed by atoms with Crippen LogP contribution in [-0.4, -0.2) is 54.6 Å². The molecule has 1 saturated carbocycles. The molecular formula is C23H25NO9. The van der Waals surface area contributed by atoms with E-state index in [0.717, 1.165) is 0 Å². The lowest BCUT2D eigenvalue weighted by Gasteiger charge is -2.49. The van der Waals surface area contributed by atoms with Crippen molar-refractivity contribution in [2.45, 2.75) is 38.7 Å². The van der Waals surface area contributed by atoms with Crippen molar-refractivity contribution in [1.82, 2.24) is 0 Å². The number of carbonyl (C=O) groups excluding carboxylic acids is 3. The Bertz CT molecular complexity index is 1150. The van der Waals surface area contributed by atoms with Crippen molar-refractivity contribution in [3.63, 3.8) is 0 Å². The summed E-state index contributed by atoms with van der Waals surface area (Å²) in [7, 11) is 0. The van der Waals surface area contributed by atoms with Crippen molar-refractivity contribution in [3.05, 3.63) is 46.2 Å². The standard InChI is InChI=1S/C21H19NO9.C2H6/c1-6-9-5-8-11(20(29)30)7-3-2-4-10(23)12(7)16(25)13(8)17(26)21(9,31)18(27)14(15(6)24)19(22)28;1-2/h2-4,6,8-9,11,23,25,27,31H,5H2,1H3,(H2,22,28)(H,29,30);1-2H3/t6-,8+,9-,11+,21-;/m0./s1. The molecule has 0 saturated heterocycles. The summed E-state index contributed by atoms with van der Waals surface area (Å²) in [5.41, 5.74) is 0.799. The quantitative estimate of drug-likeness (QED) is 0.353. The monoisotopic (exact) mass is 459 g/mol. The second kappa shape index (κ2) is 8.04. The Labute approximate surface area is 188 Å². The SMILES string of the molecule is CC.C[C@@H]1C(=O)C(C(N)=O)=C(O)[C@@]2(O)C(=O)C3=C(O)c4c(O)cccc4[C@@H](C(=O)O)[C@H]3C[C@@H]12. The third kappa shape index (κ3) is 3.05. The van der Waals surface area contributed by atoms with Gasteiger partial charge in [-0.2, -0.15) is 0 Å². The predicted octanol–water partition coefficient (Wildman–Crippen LogP) is 1.32. The maximum Gasteiger partial charge on any atom is 0.311 e. The second-order valence-corrected chi connectivity index (χ2v) is 8.10. The van der Waals surface area contributed by atoms with E-state index in [2.05, 4.69) is 0 Å². The average molecular weight is 459 g/mol. The third-order valence-electron chi connectivity index (χ3n) is 6.68. The van der Waals surface area contributed by atoms with E-state index < -0.39 is 81.1 Å². The van der Waals surface area contributed by atoms with Crippen LogP contribution in [0.2, 0.25) is 0 Å². The number of hydrogen-bond donors (Lipinski definition) is 6. The summed E-state index contributed by atoms with van der Waals surface area (Å²) in [5, 5.41) is 52.8. The molecule has 1 amide bonds. The van der Waals surface area contributed by atoms with Gasteiger partial charge in [0.05, 0.1) is 11.5 Å². The minimum atomic E-state index is -2.76. The molecule has 3 aliphatic carbocycles. The number of hydrogen-bond acceptors (Lipinski definition) is 8. The molecular weight excluding hydrogens is 434 g/mol. The Morgan fingerprint density at radius 1 is 1.12 bits per heavy atom. The van der Waals surface area contributed by atoms with E-state index in [0.29, 0.717) is 0 Å². The number of fused-ring (bicyclic) bond motifs is 3. The van der Waals surface area contributed by atoms with E-state index in [4.69, 9.17) is 5.73 Å². The molecule has 0 spiro atoms. The van der Waals surface area contributed by atoms with Gasteiger partial charge in [-0.1, -0.05) is 32.9 Å². The normalized spacial score (nSPS) is 30.5. The molecule has 3 aliphatic rings. The number of carbonyl (C=O) groups is 4. The average Bonchev–Trinajstić information content (AvgIpc) is 2.75. The van der Waals surface area contributed by atoms with Gasteiger partial charge in [-0.25, -0.2) is 0 Å². The molecule has 1 fully saturated rings. The van der Waals surface area contributed by atoms with Crippen molar-refractivity contribution in [2.75, 3.05) is 0 Å². The number of amides is 1. The van der Waals surface area contributed by atoms with Crippen LogP contribution in [0.25, 0.3) is 5.76 Å². The molecule has 0 bridgehead atoms. The topological polar surface area (TPSA) is 195 Å². The molecule has 1 aromatic carbocycles. The smallest absolute Gasteiger partial charge is 0.311 e. The van der Waals surface area contributed by atoms with Crippen LogP contribution in [0.15, 0.2) is 35.1 Å². The van der Waals surface area contributed by atoms with Crippen molar-refractivity contribution in [1.29, 1.82) is 0 Å². The maximum atomic E-state index is 13.4. The molecule has 4 rings (SSSR count). The van der Waals surface area contributed by atoms with E-state index in [1.165, 1.54) is 25.1 Å². The first-order chi connectivity index (χ1) is 15.4. The molecule has 0 aromatic heterocycles. The Kier molecular flexibility index (Phi) is 5.84. The van der Waals surface area contributed by atoms with Crippen LogP contribution in [-0.2, 0) is 19.2 Å². The van der Waals surface area contributed by atoms with Crippen LogP contribution in [0.5, 0.6) is 5.75 Å². The summed E-state index contributed by atoms with van der Waals surface area (Å²) in [6.45, 7) is 5.34. The maximum absolute atomic E-state index is 13.4. The van der Waals surface area contributed by atoms with Crippen LogP contribution in [0.4, 0.5) is 0 Å². The summed E-state index contributed by atoms with van der Waals surface area (Å²) in [4.78, 5) is 49.9. The zero-order valence-electron chi connectivity index (χ0n) is 18.2. The van der Waals surface area contributed by atoms with Crippen molar-refractivity contribution >= 4 is 29.2 Å². The summed E-state index contributed by atoms with van der Waals surface area (Å²) in [5.74, 6) is -12.1. The summed E-state index contributed by atoms with van der Waals surface area (Å²) < 4.78 is 0. The van der Waals surface area contributed by atoms with Gasteiger partial charge in [0, 0.05) is 23.3 Å². The number of aliphatic hydroxyl groups is 3. The molecule has 176 valence electrons.